The highest BCUT2D eigenvalue weighted by Crippen LogP contribution is 2.25. The number of amides is 1. The van der Waals surface area contributed by atoms with Crippen LogP contribution >= 0.6 is 0 Å². The minimum atomic E-state index is -0.888. The highest BCUT2D eigenvalue weighted by molar-refractivity contribution is 5.89. The van der Waals surface area contributed by atoms with Gasteiger partial charge in [-0.15, -0.1) is 0 Å². The Morgan fingerprint density at radius 1 is 1.14 bits per heavy atom. The van der Waals surface area contributed by atoms with Crippen molar-refractivity contribution in [3.63, 3.8) is 0 Å². The van der Waals surface area contributed by atoms with Crippen LogP contribution in [-0.4, -0.2) is 35.0 Å². The summed E-state index contributed by atoms with van der Waals surface area (Å²) in [5.41, 5.74) is 2.16. The van der Waals surface area contributed by atoms with E-state index in [2.05, 4.69) is 0 Å². The zero-order chi connectivity index (χ0) is 20.8. The zero-order valence-corrected chi connectivity index (χ0v) is 16.8. The van der Waals surface area contributed by atoms with Crippen LogP contribution in [0.15, 0.2) is 48.5 Å². The summed E-state index contributed by atoms with van der Waals surface area (Å²) in [4.78, 5) is 25.9. The number of rotatable bonds is 7. The SMILES string of the molecule is CC(CC(=O)N1CCC(Cc2ccccc2C(=O)O)CC1)Cc1cccc(F)c1. The molecule has 0 bridgehead atoms. The van der Waals surface area contributed by atoms with Crippen molar-refractivity contribution in [1.82, 2.24) is 4.90 Å². The van der Waals surface area contributed by atoms with Crippen LogP contribution in [0, 0.1) is 17.7 Å². The molecule has 2 aromatic carbocycles. The first-order valence-electron chi connectivity index (χ1n) is 10.3. The molecule has 1 amide bonds. The number of carboxylic acids is 1. The maximum Gasteiger partial charge on any atom is 0.335 e. The maximum atomic E-state index is 13.3. The Bertz CT molecular complexity index is 859. The van der Waals surface area contributed by atoms with Crippen molar-refractivity contribution in [1.29, 1.82) is 0 Å². The third-order valence-electron chi connectivity index (χ3n) is 5.72. The molecule has 1 N–H and O–H groups in total. The number of piperidine rings is 1. The number of aromatic carboxylic acids is 1. The van der Waals surface area contributed by atoms with E-state index in [9.17, 15) is 19.1 Å². The van der Waals surface area contributed by atoms with Crippen LogP contribution < -0.4 is 0 Å². The predicted molar refractivity (Wildman–Crippen MR) is 110 cm³/mol. The molecule has 0 saturated carbocycles. The highest BCUT2D eigenvalue weighted by atomic mass is 19.1. The van der Waals surface area contributed by atoms with Crippen LogP contribution in [0.3, 0.4) is 0 Å². The lowest BCUT2D eigenvalue weighted by Gasteiger charge is -2.33. The Kier molecular flexibility index (Phi) is 7.02. The largest absolute Gasteiger partial charge is 0.478 e. The van der Waals surface area contributed by atoms with Crippen molar-refractivity contribution in [3.8, 4) is 0 Å². The average Bonchev–Trinajstić information content (AvgIpc) is 2.68. The highest BCUT2D eigenvalue weighted by Gasteiger charge is 2.25. The van der Waals surface area contributed by atoms with Crippen molar-refractivity contribution in [2.45, 2.75) is 39.0 Å². The second-order valence-electron chi connectivity index (χ2n) is 8.13. The first-order chi connectivity index (χ1) is 13.9. The van der Waals surface area contributed by atoms with Crippen molar-refractivity contribution in [3.05, 3.63) is 71.0 Å². The molecule has 1 aliphatic heterocycles. The molecule has 0 spiro atoms. The van der Waals surface area contributed by atoms with Crippen LogP contribution in [0.1, 0.15) is 47.7 Å². The van der Waals surface area contributed by atoms with E-state index in [-0.39, 0.29) is 17.6 Å². The molecule has 0 radical (unpaired) electrons. The standard InChI is InChI=1S/C24H28FNO3/c1-17(13-19-5-4-7-21(25)16-19)14-23(27)26-11-9-18(10-12-26)15-20-6-2-3-8-22(20)24(28)29/h2-8,16-18H,9-15H2,1H3,(H,28,29). The molecule has 154 valence electrons. The van der Waals surface area contributed by atoms with E-state index in [1.807, 2.05) is 30.0 Å². The Morgan fingerprint density at radius 3 is 2.55 bits per heavy atom. The van der Waals surface area contributed by atoms with Crippen LogP contribution in [0.4, 0.5) is 4.39 Å². The number of halogens is 1. The van der Waals surface area contributed by atoms with E-state index in [0.29, 0.717) is 37.4 Å². The number of carboxylic acid groups (broad SMARTS) is 1. The molecule has 1 fully saturated rings. The summed E-state index contributed by atoms with van der Waals surface area (Å²) < 4.78 is 13.3. The Hall–Kier alpha value is -2.69. The summed E-state index contributed by atoms with van der Waals surface area (Å²) in [5.74, 6) is -0.430. The lowest BCUT2D eigenvalue weighted by Crippen LogP contribution is -2.39. The number of nitrogens with zero attached hydrogens (tertiary/aromatic N) is 1. The monoisotopic (exact) mass is 397 g/mol. The first-order valence-corrected chi connectivity index (χ1v) is 10.3. The number of carbonyl (C=O) groups is 2. The van der Waals surface area contributed by atoms with Crippen LogP contribution in [0.25, 0.3) is 0 Å². The van der Waals surface area contributed by atoms with Crippen molar-refractivity contribution < 1.29 is 19.1 Å². The minimum Gasteiger partial charge on any atom is -0.478 e. The zero-order valence-electron chi connectivity index (χ0n) is 16.8. The van der Waals surface area contributed by atoms with Gasteiger partial charge >= 0.3 is 5.97 Å². The van der Waals surface area contributed by atoms with Gasteiger partial charge in [-0.2, -0.15) is 0 Å². The minimum absolute atomic E-state index is 0.151. The molecule has 4 nitrogen and oxygen atoms in total. The smallest absolute Gasteiger partial charge is 0.335 e. The lowest BCUT2D eigenvalue weighted by molar-refractivity contribution is -0.133. The number of hydrogen-bond donors (Lipinski definition) is 1. The molecule has 0 aliphatic carbocycles. The molecule has 29 heavy (non-hydrogen) atoms. The van der Waals surface area contributed by atoms with Crippen molar-refractivity contribution in [2.75, 3.05) is 13.1 Å². The summed E-state index contributed by atoms with van der Waals surface area (Å²) >= 11 is 0. The van der Waals surface area contributed by atoms with Gasteiger partial charge in [-0.1, -0.05) is 37.3 Å². The third-order valence-corrected chi connectivity index (χ3v) is 5.72. The van der Waals surface area contributed by atoms with E-state index in [4.69, 9.17) is 0 Å². The number of likely N-dealkylation sites (tertiary alicyclic amines) is 1. The van der Waals surface area contributed by atoms with Crippen LogP contribution in [-0.2, 0) is 17.6 Å². The molecular weight excluding hydrogens is 369 g/mol. The molecule has 5 heteroatoms. The lowest BCUT2D eigenvalue weighted by atomic mass is 9.88. The van der Waals surface area contributed by atoms with Gasteiger partial charge in [-0.05, 0) is 66.8 Å². The summed E-state index contributed by atoms with van der Waals surface area (Å²) in [5, 5.41) is 9.34. The van der Waals surface area contributed by atoms with Gasteiger partial charge in [-0.25, -0.2) is 9.18 Å². The molecule has 1 heterocycles. The molecule has 2 aromatic rings. The Morgan fingerprint density at radius 2 is 1.86 bits per heavy atom. The summed E-state index contributed by atoms with van der Waals surface area (Å²) in [7, 11) is 0. The van der Waals surface area contributed by atoms with Gasteiger partial charge < -0.3 is 10.0 Å². The average molecular weight is 397 g/mol. The molecular formula is C24H28FNO3. The van der Waals surface area contributed by atoms with E-state index >= 15 is 0 Å². The van der Waals surface area contributed by atoms with E-state index in [1.165, 1.54) is 12.1 Å². The van der Waals surface area contributed by atoms with Crippen LogP contribution in [0.5, 0.6) is 0 Å². The summed E-state index contributed by atoms with van der Waals surface area (Å²) in [6, 6.07) is 13.7. The molecule has 1 atom stereocenters. The van der Waals surface area contributed by atoms with Gasteiger partial charge in [0.05, 0.1) is 5.56 Å². The van der Waals surface area contributed by atoms with Gasteiger partial charge in [0, 0.05) is 19.5 Å². The number of benzene rings is 2. The summed E-state index contributed by atoms with van der Waals surface area (Å²) in [6.45, 7) is 3.45. The number of carbonyl (C=O) groups excluding carboxylic acids is 1. The van der Waals surface area contributed by atoms with E-state index in [1.54, 1.807) is 18.2 Å². The molecule has 1 saturated heterocycles. The fourth-order valence-corrected chi connectivity index (χ4v) is 4.17. The molecule has 1 unspecified atom stereocenters. The normalized spacial score (nSPS) is 15.9. The first kappa shape index (κ1) is 21.0. The van der Waals surface area contributed by atoms with Gasteiger partial charge in [0.1, 0.15) is 5.82 Å². The fourth-order valence-electron chi connectivity index (χ4n) is 4.17. The van der Waals surface area contributed by atoms with Gasteiger partial charge in [-0.3, -0.25) is 4.79 Å². The second-order valence-corrected chi connectivity index (χ2v) is 8.13. The van der Waals surface area contributed by atoms with Crippen LogP contribution in [0.2, 0.25) is 0 Å². The Balaban J connectivity index is 1.47. The van der Waals surface area contributed by atoms with E-state index in [0.717, 1.165) is 30.4 Å². The van der Waals surface area contributed by atoms with Gasteiger partial charge in [0.15, 0.2) is 0 Å². The van der Waals surface area contributed by atoms with Crippen molar-refractivity contribution >= 4 is 11.9 Å². The number of hydrogen-bond acceptors (Lipinski definition) is 2. The quantitative estimate of drug-likeness (QED) is 0.744. The fraction of sp³-hybridized carbons (Fsp3) is 0.417. The second kappa shape index (κ2) is 9.68. The summed E-state index contributed by atoms with van der Waals surface area (Å²) in [6.07, 6.45) is 3.66. The molecule has 1 aliphatic rings. The van der Waals surface area contributed by atoms with E-state index < -0.39 is 5.97 Å². The third kappa shape index (κ3) is 5.89. The molecule has 0 aromatic heterocycles. The predicted octanol–water partition coefficient (Wildman–Crippen LogP) is 4.57. The Labute approximate surface area is 171 Å². The van der Waals surface area contributed by atoms with Gasteiger partial charge in [0.2, 0.25) is 5.91 Å². The van der Waals surface area contributed by atoms with Gasteiger partial charge in [0.25, 0.3) is 0 Å². The molecule has 3 rings (SSSR count). The van der Waals surface area contributed by atoms with Crippen molar-refractivity contribution in [2.24, 2.45) is 11.8 Å². The topological polar surface area (TPSA) is 57.6 Å². The maximum absolute atomic E-state index is 13.3.